The summed E-state index contributed by atoms with van der Waals surface area (Å²) >= 11 is 0. The van der Waals surface area contributed by atoms with Crippen molar-refractivity contribution >= 4 is 16.7 Å². The first-order valence-electron chi connectivity index (χ1n) is 4.29. The number of Topliss-reactive ketones (excluding diaryl/α,β-unsaturated/α-hetero) is 1. The lowest BCUT2D eigenvalue weighted by Crippen LogP contribution is -2.11. The van der Waals surface area contributed by atoms with E-state index in [4.69, 9.17) is 0 Å². The van der Waals surface area contributed by atoms with E-state index >= 15 is 0 Å². The van der Waals surface area contributed by atoms with Gasteiger partial charge in [-0.1, -0.05) is 0 Å². The van der Waals surface area contributed by atoms with Gasteiger partial charge in [0.2, 0.25) is 0 Å². The molecule has 2 rings (SSSR count). The maximum Gasteiger partial charge on any atom is 0.274 e. The quantitative estimate of drug-likeness (QED) is 0.684. The Morgan fingerprint density at radius 3 is 2.79 bits per heavy atom. The van der Waals surface area contributed by atoms with Gasteiger partial charge in [0.05, 0.1) is 10.9 Å². The predicted molar refractivity (Wildman–Crippen MR) is 53.5 cm³/mol. The van der Waals surface area contributed by atoms with Crippen molar-refractivity contribution in [1.82, 2.24) is 9.78 Å². The number of fused-ring (bicyclic) bond motifs is 1. The van der Waals surface area contributed by atoms with E-state index in [1.165, 1.54) is 11.6 Å². The zero-order valence-corrected chi connectivity index (χ0v) is 8.00. The first kappa shape index (κ1) is 8.74. The minimum Gasteiger partial charge on any atom is -0.295 e. The maximum absolute atomic E-state index is 11.5. The molecule has 0 aliphatic carbocycles. The SMILES string of the molecule is CC(=O)c1ccc2[nH]n(C)c(=O)c2c1. The van der Waals surface area contributed by atoms with Crippen LogP contribution in [0.15, 0.2) is 23.0 Å². The highest BCUT2D eigenvalue weighted by Crippen LogP contribution is 2.10. The highest BCUT2D eigenvalue weighted by Gasteiger charge is 2.06. The van der Waals surface area contributed by atoms with Crippen molar-refractivity contribution < 1.29 is 4.79 Å². The summed E-state index contributed by atoms with van der Waals surface area (Å²) in [7, 11) is 1.65. The molecule has 1 aromatic carbocycles. The Kier molecular flexibility index (Phi) is 1.77. The van der Waals surface area contributed by atoms with E-state index in [2.05, 4.69) is 5.10 Å². The number of ketones is 1. The van der Waals surface area contributed by atoms with Crippen molar-refractivity contribution in [2.45, 2.75) is 6.92 Å². The number of carbonyl (C=O) groups excluding carboxylic acids is 1. The van der Waals surface area contributed by atoms with E-state index in [-0.39, 0.29) is 11.3 Å². The fourth-order valence-corrected chi connectivity index (χ4v) is 1.45. The topological polar surface area (TPSA) is 54.9 Å². The lowest BCUT2D eigenvalue weighted by atomic mass is 10.1. The zero-order valence-electron chi connectivity index (χ0n) is 8.00. The first-order chi connectivity index (χ1) is 6.59. The van der Waals surface area contributed by atoms with E-state index in [1.54, 1.807) is 25.2 Å². The van der Waals surface area contributed by atoms with Crippen molar-refractivity contribution in [2.75, 3.05) is 0 Å². The zero-order chi connectivity index (χ0) is 10.3. The molecule has 0 saturated carbocycles. The van der Waals surface area contributed by atoms with Crippen LogP contribution in [0, 0.1) is 0 Å². The molecule has 0 bridgehead atoms. The van der Waals surface area contributed by atoms with E-state index in [0.717, 1.165) is 5.52 Å². The van der Waals surface area contributed by atoms with Crippen LogP contribution in [0.5, 0.6) is 0 Å². The van der Waals surface area contributed by atoms with Crippen LogP contribution in [0.3, 0.4) is 0 Å². The van der Waals surface area contributed by atoms with Crippen molar-refractivity contribution in [3.63, 3.8) is 0 Å². The van der Waals surface area contributed by atoms with Crippen molar-refractivity contribution in [3.8, 4) is 0 Å². The van der Waals surface area contributed by atoms with Crippen LogP contribution in [-0.2, 0) is 7.05 Å². The predicted octanol–water partition coefficient (Wildman–Crippen LogP) is 1.07. The Balaban J connectivity index is 2.82. The van der Waals surface area contributed by atoms with Gasteiger partial charge in [0, 0.05) is 12.6 Å². The van der Waals surface area contributed by atoms with Crippen LogP contribution in [0.1, 0.15) is 17.3 Å². The molecular weight excluding hydrogens is 180 g/mol. The molecule has 0 saturated heterocycles. The van der Waals surface area contributed by atoms with Gasteiger partial charge in [-0.3, -0.25) is 19.4 Å². The molecule has 4 heteroatoms. The van der Waals surface area contributed by atoms with Crippen molar-refractivity contribution in [2.24, 2.45) is 7.05 Å². The minimum atomic E-state index is -0.108. The summed E-state index contributed by atoms with van der Waals surface area (Å²) in [4.78, 5) is 22.6. The average Bonchev–Trinajstić information content (AvgIpc) is 2.43. The lowest BCUT2D eigenvalue weighted by Gasteiger charge is -1.93. The van der Waals surface area contributed by atoms with Gasteiger partial charge in [-0.15, -0.1) is 0 Å². The Hall–Kier alpha value is -1.84. The smallest absolute Gasteiger partial charge is 0.274 e. The van der Waals surface area contributed by atoms with E-state index in [9.17, 15) is 9.59 Å². The Morgan fingerprint density at radius 1 is 1.43 bits per heavy atom. The van der Waals surface area contributed by atoms with E-state index in [1.807, 2.05) is 0 Å². The molecule has 0 spiro atoms. The largest absolute Gasteiger partial charge is 0.295 e. The van der Waals surface area contributed by atoms with Gasteiger partial charge in [0.1, 0.15) is 0 Å². The third kappa shape index (κ3) is 1.16. The molecule has 14 heavy (non-hydrogen) atoms. The maximum atomic E-state index is 11.5. The van der Waals surface area contributed by atoms with Gasteiger partial charge in [-0.2, -0.15) is 0 Å². The minimum absolute atomic E-state index is 0.0323. The third-order valence-corrected chi connectivity index (χ3v) is 2.25. The van der Waals surface area contributed by atoms with Gasteiger partial charge in [-0.25, -0.2) is 0 Å². The standard InChI is InChI=1S/C10H10N2O2/c1-6(13)7-3-4-9-8(5-7)10(14)12(2)11-9/h3-5,11H,1-2H3. The van der Waals surface area contributed by atoms with Crippen LogP contribution in [0.2, 0.25) is 0 Å². The molecule has 0 aliphatic heterocycles. The van der Waals surface area contributed by atoms with Crippen LogP contribution in [-0.4, -0.2) is 15.6 Å². The van der Waals surface area contributed by atoms with Crippen LogP contribution >= 0.6 is 0 Å². The number of benzene rings is 1. The molecule has 0 fully saturated rings. The molecule has 1 N–H and O–H groups in total. The molecule has 0 amide bonds. The lowest BCUT2D eigenvalue weighted by molar-refractivity contribution is 0.101. The van der Waals surface area contributed by atoms with E-state index < -0.39 is 0 Å². The Labute approximate surface area is 80.1 Å². The molecule has 4 nitrogen and oxygen atoms in total. The normalized spacial score (nSPS) is 10.7. The molecule has 1 heterocycles. The van der Waals surface area contributed by atoms with Gasteiger partial charge < -0.3 is 0 Å². The summed E-state index contributed by atoms with van der Waals surface area (Å²) in [5.74, 6) is -0.0323. The van der Waals surface area contributed by atoms with Crippen molar-refractivity contribution in [1.29, 1.82) is 0 Å². The number of nitrogens with one attached hydrogen (secondary N) is 1. The summed E-state index contributed by atoms with van der Waals surface area (Å²) in [6.07, 6.45) is 0. The number of H-pyrrole nitrogens is 1. The number of aryl methyl sites for hydroxylation is 1. The fraction of sp³-hybridized carbons (Fsp3) is 0.200. The second-order valence-corrected chi connectivity index (χ2v) is 3.29. The molecular formula is C10H10N2O2. The average molecular weight is 190 g/mol. The Bertz CT molecular complexity index is 563. The second-order valence-electron chi connectivity index (χ2n) is 3.29. The number of hydrogen-bond acceptors (Lipinski definition) is 2. The summed E-state index contributed by atoms with van der Waals surface area (Å²) < 4.78 is 1.40. The monoisotopic (exact) mass is 190 g/mol. The molecule has 72 valence electrons. The van der Waals surface area contributed by atoms with Crippen LogP contribution in [0.25, 0.3) is 10.9 Å². The molecule has 0 unspecified atom stereocenters. The number of aromatic nitrogens is 2. The third-order valence-electron chi connectivity index (χ3n) is 2.25. The van der Waals surface area contributed by atoms with Crippen LogP contribution in [0.4, 0.5) is 0 Å². The number of carbonyl (C=O) groups is 1. The van der Waals surface area contributed by atoms with Gasteiger partial charge in [0.25, 0.3) is 5.56 Å². The van der Waals surface area contributed by atoms with Crippen LogP contribution < -0.4 is 5.56 Å². The highest BCUT2D eigenvalue weighted by atomic mass is 16.1. The summed E-state index contributed by atoms with van der Waals surface area (Å²) in [6, 6.07) is 5.07. The summed E-state index contributed by atoms with van der Waals surface area (Å²) in [5, 5.41) is 3.44. The fourth-order valence-electron chi connectivity index (χ4n) is 1.45. The molecule has 0 atom stereocenters. The van der Waals surface area contributed by atoms with E-state index in [0.29, 0.717) is 10.9 Å². The Morgan fingerprint density at radius 2 is 2.14 bits per heavy atom. The molecule has 2 aromatic rings. The van der Waals surface area contributed by atoms with Gasteiger partial charge in [0.15, 0.2) is 5.78 Å². The van der Waals surface area contributed by atoms with Gasteiger partial charge in [-0.05, 0) is 25.1 Å². The molecule has 1 aromatic heterocycles. The first-order valence-corrected chi connectivity index (χ1v) is 4.29. The van der Waals surface area contributed by atoms with Crippen molar-refractivity contribution in [3.05, 3.63) is 34.1 Å². The second kappa shape index (κ2) is 2.83. The number of nitrogens with zero attached hydrogens (tertiary/aromatic N) is 1. The molecule has 0 aliphatic rings. The van der Waals surface area contributed by atoms with Gasteiger partial charge >= 0.3 is 0 Å². The number of hydrogen-bond donors (Lipinski definition) is 1. The summed E-state index contributed by atoms with van der Waals surface area (Å²) in [6.45, 7) is 1.48. The molecule has 0 radical (unpaired) electrons. The highest BCUT2D eigenvalue weighted by molar-refractivity contribution is 5.97. The number of rotatable bonds is 1. The summed E-state index contributed by atoms with van der Waals surface area (Å²) in [5.41, 5.74) is 1.21. The number of aromatic amines is 1.